The van der Waals surface area contributed by atoms with E-state index in [1.54, 1.807) is 24.3 Å². The Kier molecular flexibility index (Phi) is 6.41. The number of carbonyl (C=O) groups is 1. The van der Waals surface area contributed by atoms with Crippen molar-refractivity contribution in [2.75, 3.05) is 7.11 Å². The van der Waals surface area contributed by atoms with Gasteiger partial charge in [0.05, 0.1) is 7.11 Å². The highest BCUT2D eigenvalue weighted by Gasteiger charge is 2.31. The Labute approximate surface area is 169 Å². The summed E-state index contributed by atoms with van der Waals surface area (Å²) in [7, 11) is 1.54. The van der Waals surface area contributed by atoms with Gasteiger partial charge in [0.25, 0.3) is 5.91 Å². The molecule has 148 valence electrons. The molecule has 6 nitrogen and oxygen atoms in total. The number of benzene rings is 1. The molecule has 0 saturated carbocycles. The van der Waals surface area contributed by atoms with Crippen molar-refractivity contribution in [2.24, 2.45) is 0 Å². The molecule has 1 aromatic carbocycles. The molecule has 0 radical (unpaired) electrons. The van der Waals surface area contributed by atoms with Crippen molar-refractivity contribution in [3.63, 3.8) is 0 Å². The Morgan fingerprint density at radius 1 is 1.43 bits per heavy atom. The zero-order chi connectivity index (χ0) is 20.1. The Hall–Kier alpha value is -2.73. The highest BCUT2D eigenvalue weighted by atomic mass is 35.5. The number of hydrogen-bond acceptors (Lipinski definition) is 5. The summed E-state index contributed by atoms with van der Waals surface area (Å²) in [5, 5.41) is 4.49. The molecule has 1 amide bonds. The Balaban J connectivity index is 1.70. The second kappa shape index (κ2) is 8.97. The molecular weight excluding hydrogens is 380 g/mol. The number of aromatic nitrogens is 1. The molecule has 0 fully saturated rings. The quantitative estimate of drug-likeness (QED) is 0.630. The molecule has 1 aromatic heterocycles. The van der Waals surface area contributed by atoms with Crippen molar-refractivity contribution in [3.05, 3.63) is 65.5 Å². The number of nitrogens with zero attached hydrogens (tertiary/aromatic N) is 2. The minimum Gasteiger partial charge on any atom is -0.493 e. The van der Waals surface area contributed by atoms with Crippen LogP contribution < -0.4 is 9.47 Å². The van der Waals surface area contributed by atoms with Gasteiger partial charge in [-0.3, -0.25) is 4.79 Å². The van der Waals surface area contributed by atoms with Gasteiger partial charge in [0, 0.05) is 29.2 Å². The summed E-state index contributed by atoms with van der Waals surface area (Å²) in [6.07, 6.45) is 7.48. The summed E-state index contributed by atoms with van der Waals surface area (Å²) < 4.78 is 16.3. The van der Waals surface area contributed by atoms with E-state index in [-0.39, 0.29) is 30.3 Å². The van der Waals surface area contributed by atoms with Gasteiger partial charge in [-0.2, -0.15) is 0 Å². The van der Waals surface area contributed by atoms with Crippen molar-refractivity contribution in [2.45, 2.75) is 38.5 Å². The zero-order valence-electron chi connectivity index (χ0n) is 15.9. The van der Waals surface area contributed by atoms with Crippen LogP contribution in [0.5, 0.6) is 11.5 Å². The van der Waals surface area contributed by atoms with Gasteiger partial charge >= 0.3 is 0 Å². The second-order valence-electron chi connectivity index (χ2n) is 6.56. The topological polar surface area (TPSA) is 64.8 Å². The first kappa shape index (κ1) is 20.0. The van der Waals surface area contributed by atoms with Crippen molar-refractivity contribution in [3.8, 4) is 11.5 Å². The summed E-state index contributed by atoms with van der Waals surface area (Å²) in [6.45, 7) is 5.89. The minimum absolute atomic E-state index is 0.0130. The van der Waals surface area contributed by atoms with Crippen LogP contribution in [0.25, 0.3) is 0 Å². The van der Waals surface area contributed by atoms with Crippen LogP contribution in [-0.2, 0) is 6.61 Å². The number of halogens is 1. The van der Waals surface area contributed by atoms with Gasteiger partial charge in [0.15, 0.2) is 23.0 Å². The summed E-state index contributed by atoms with van der Waals surface area (Å²) in [5.41, 5.74) is 0.262. The molecule has 3 rings (SSSR count). The van der Waals surface area contributed by atoms with Crippen LogP contribution in [-0.4, -0.2) is 35.2 Å². The first-order valence-corrected chi connectivity index (χ1v) is 9.43. The molecule has 2 atom stereocenters. The van der Waals surface area contributed by atoms with Crippen LogP contribution in [0.4, 0.5) is 0 Å². The van der Waals surface area contributed by atoms with Crippen molar-refractivity contribution in [1.29, 1.82) is 0 Å². The zero-order valence-corrected chi connectivity index (χ0v) is 16.7. The number of hydrogen-bond donors (Lipinski definition) is 0. The highest BCUT2D eigenvalue weighted by Crippen LogP contribution is 2.30. The predicted octanol–water partition coefficient (Wildman–Crippen LogP) is 4.65. The van der Waals surface area contributed by atoms with Crippen molar-refractivity contribution < 1.29 is 18.8 Å². The number of methoxy groups -OCH3 is 1. The van der Waals surface area contributed by atoms with Crippen LogP contribution in [0, 0.1) is 0 Å². The summed E-state index contributed by atoms with van der Waals surface area (Å²) in [6, 6.07) is 6.75. The maximum Gasteiger partial charge on any atom is 0.276 e. The lowest BCUT2D eigenvalue weighted by molar-refractivity contribution is 0.0611. The van der Waals surface area contributed by atoms with Crippen LogP contribution in [0.15, 0.2) is 53.6 Å². The average molecular weight is 403 g/mol. The largest absolute Gasteiger partial charge is 0.493 e. The van der Waals surface area contributed by atoms with E-state index in [4.69, 9.17) is 25.6 Å². The molecule has 0 aliphatic carbocycles. The standard InChI is InChI=1S/C21H23ClN2O4/c1-4-6-16-8-5-7-14(2)24(16)21(25)18-12-17(28-23-18)13-27-19-10-9-15(22)11-20(19)26-3/h4-5,7,9-12,14,16H,1,6,8,13H2,2-3H3/t14-,16-/m1/s1. The minimum atomic E-state index is -0.164. The second-order valence-corrected chi connectivity index (χ2v) is 6.99. The maximum absolute atomic E-state index is 13.0. The molecule has 0 saturated heterocycles. The van der Waals surface area contributed by atoms with E-state index in [0.29, 0.717) is 22.3 Å². The molecule has 1 aliphatic rings. The smallest absolute Gasteiger partial charge is 0.276 e. The van der Waals surface area contributed by atoms with Crippen molar-refractivity contribution >= 4 is 17.5 Å². The van der Waals surface area contributed by atoms with Gasteiger partial charge in [-0.05, 0) is 31.9 Å². The monoisotopic (exact) mass is 402 g/mol. The number of amides is 1. The summed E-state index contributed by atoms with van der Waals surface area (Å²) in [5.74, 6) is 1.32. The third-order valence-corrected chi connectivity index (χ3v) is 4.84. The molecule has 7 heteroatoms. The normalized spacial score (nSPS) is 18.8. The molecule has 2 heterocycles. The van der Waals surface area contributed by atoms with Crippen LogP contribution in [0.3, 0.4) is 0 Å². The van der Waals surface area contributed by atoms with Gasteiger partial charge in [-0.1, -0.05) is 35.0 Å². The van der Waals surface area contributed by atoms with Gasteiger partial charge in [0.2, 0.25) is 0 Å². The lowest BCUT2D eigenvalue weighted by atomic mass is 10.00. The fourth-order valence-corrected chi connectivity index (χ4v) is 3.41. The molecule has 28 heavy (non-hydrogen) atoms. The number of rotatable bonds is 7. The van der Waals surface area contributed by atoms with E-state index in [1.165, 1.54) is 7.11 Å². The lowest BCUT2D eigenvalue weighted by Crippen LogP contribution is -2.47. The Morgan fingerprint density at radius 3 is 3.00 bits per heavy atom. The van der Waals surface area contributed by atoms with E-state index >= 15 is 0 Å². The summed E-state index contributed by atoms with van der Waals surface area (Å²) in [4.78, 5) is 14.8. The van der Waals surface area contributed by atoms with Gasteiger partial charge in [-0.15, -0.1) is 6.58 Å². The van der Waals surface area contributed by atoms with Crippen molar-refractivity contribution in [1.82, 2.24) is 10.1 Å². The lowest BCUT2D eigenvalue weighted by Gasteiger charge is -2.36. The van der Waals surface area contributed by atoms with Crippen LogP contribution in [0.1, 0.15) is 36.0 Å². The van der Waals surface area contributed by atoms with E-state index in [2.05, 4.69) is 17.8 Å². The van der Waals surface area contributed by atoms with E-state index in [1.807, 2.05) is 24.0 Å². The molecule has 0 spiro atoms. The summed E-state index contributed by atoms with van der Waals surface area (Å²) >= 11 is 5.95. The average Bonchev–Trinajstić information content (AvgIpc) is 3.16. The third-order valence-electron chi connectivity index (χ3n) is 4.60. The Bertz CT molecular complexity index is 877. The molecule has 0 bridgehead atoms. The van der Waals surface area contributed by atoms with Gasteiger partial charge < -0.3 is 18.9 Å². The molecular formula is C21H23ClN2O4. The first-order valence-electron chi connectivity index (χ1n) is 9.05. The van der Waals surface area contributed by atoms with Crippen LogP contribution >= 0.6 is 11.6 Å². The van der Waals surface area contributed by atoms with Gasteiger partial charge in [-0.25, -0.2) is 0 Å². The maximum atomic E-state index is 13.0. The third kappa shape index (κ3) is 4.39. The SMILES string of the molecule is C=CC[C@@H]1CC=C[C@@H](C)N1C(=O)c1cc(COc2ccc(Cl)cc2OC)on1. The highest BCUT2D eigenvalue weighted by molar-refractivity contribution is 6.30. The van der Waals surface area contributed by atoms with Crippen LogP contribution in [0.2, 0.25) is 5.02 Å². The number of ether oxygens (including phenoxy) is 2. The van der Waals surface area contributed by atoms with E-state index in [9.17, 15) is 4.79 Å². The fourth-order valence-electron chi connectivity index (χ4n) is 3.25. The molecule has 0 unspecified atom stereocenters. The number of carbonyl (C=O) groups excluding carboxylic acids is 1. The molecule has 1 aliphatic heterocycles. The fraction of sp³-hybridized carbons (Fsp3) is 0.333. The molecule has 2 aromatic rings. The molecule has 0 N–H and O–H groups in total. The van der Waals surface area contributed by atoms with E-state index in [0.717, 1.165) is 12.8 Å². The predicted molar refractivity (Wildman–Crippen MR) is 107 cm³/mol. The Morgan fingerprint density at radius 2 is 2.25 bits per heavy atom. The first-order chi connectivity index (χ1) is 13.5. The van der Waals surface area contributed by atoms with E-state index < -0.39 is 0 Å². The van der Waals surface area contributed by atoms with Gasteiger partial charge in [0.1, 0.15) is 6.61 Å².